The minimum Gasteiger partial charge on any atom is -0.342 e. The van der Waals surface area contributed by atoms with Crippen molar-refractivity contribution in [1.82, 2.24) is 0 Å². The van der Waals surface area contributed by atoms with Crippen LogP contribution in [-0.4, -0.2) is 18.9 Å². The highest BCUT2D eigenvalue weighted by molar-refractivity contribution is 5.82. The summed E-state index contributed by atoms with van der Waals surface area (Å²) in [5.74, 6) is -0.813. The fourth-order valence-electron chi connectivity index (χ4n) is 3.48. The van der Waals surface area contributed by atoms with E-state index in [1.165, 1.54) is 0 Å². The van der Waals surface area contributed by atoms with Crippen LogP contribution in [-0.2, 0) is 20.7 Å². The second-order valence-electron chi connectivity index (χ2n) is 6.20. The van der Waals surface area contributed by atoms with Gasteiger partial charge in [-0.15, -0.1) is 0 Å². The first-order chi connectivity index (χ1) is 10.7. The van der Waals surface area contributed by atoms with Crippen LogP contribution >= 0.6 is 0 Å². The standard InChI is InChI=1S/C19H19NO2/c1-14-12-21-19(22-14)16-10-6-7-11-17(16)20-13-18(19,2)15-8-4-3-5-9-15/h3-11,13-14H,12H2,1-2H3. The average molecular weight is 293 g/mol. The molecule has 3 atom stereocenters. The molecule has 2 aliphatic heterocycles. The Labute approximate surface area is 130 Å². The summed E-state index contributed by atoms with van der Waals surface area (Å²) < 4.78 is 12.6. The molecule has 112 valence electrons. The first-order valence-corrected chi connectivity index (χ1v) is 7.68. The number of aliphatic imine (C=N–C) groups is 1. The van der Waals surface area contributed by atoms with Crippen LogP contribution in [0.5, 0.6) is 0 Å². The Morgan fingerprint density at radius 1 is 1.05 bits per heavy atom. The molecule has 1 saturated heterocycles. The Morgan fingerprint density at radius 2 is 1.77 bits per heavy atom. The Bertz CT molecular complexity index is 727. The van der Waals surface area contributed by atoms with Gasteiger partial charge < -0.3 is 9.47 Å². The minimum atomic E-state index is -0.813. The molecule has 3 unspecified atom stereocenters. The Morgan fingerprint density at radius 3 is 2.50 bits per heavy atom. The zero-order valence-corrected chi connectivity index (χ0v) is 12.8. The summed E-state index contributed by atoms with van der Waals surface area (Å²) in [7, 11) is 0. The van der Waals surface area contributed by atoms with Crippen molar-refractivity contribution in [2.24, 2.45) is 4.99 Å². The molecule has 0 bridgehead atoms. The lowest BCUT2D eigenvalue weighted by atomic mass is 9.71. The number of ether oxygens (including phenoxy) is 2. The number of fused-ring (bicyclic) bond motifs is 2. The van der Waals surface area contributed by atoms with Gasteiger partial charge in [0.05, 0.1) is 23.8 Å². The van der Waals surface area contributed by atoms with E-state index in [-0.39, 0.29) is 6.10 Å². The largest absolute Gasteiger partial charge is 0.342 e. The van der Waals surface area contributed by atoms with Gasteiger partial charge in [0.2, 0.25) is 5.79 Å². The van der Waals surface area contributed by atoms with Gasteiger partial charge in [0.25, 0.3) is 0 Å². The molecule has 0 saturated carbocycles. The van der Waals surface area contributed by atoms with E-state index in [1.807, 2.05) is 42.6 Å². The molecule has 0 aromatic heterocycles. The molecule has 0 amide bonds. The van der Waals surface area contributed by atoms with Crippen molar-refractivity contribution in [3.8, 4) is 0 Å². The number of hydrogen-bond donors (Lipinski definition) is 0. The second kappa shape index (κ2) is 4.77. The lowest BCUT2D eigenvalue weighted by Crippen LogP contribution is -2.51. The van der Waals surface area contributed by atoms with Gasteiger partial charge in [0, 0.05) is 11.8 Å². The molecular weight excluding hydrogens is 274 g/mol. The monoisotopic (exact) mass is 293 g/mol. The third kappa shape index (κ3) is 1.73. The summed E-state index contributed by atoms with van der Waals surface area (Å²) >= 11 is 0. The molecule has 0 radical (unpaired) electrons. The first-order valence-electron chi connectivity index (χ1n) is 7.68. The Balaban J connectivity index is 1.97. The smallest absolute Gasteiger partial charge is 0.212 e. The van der Waals surface area contributed by atoms with Gasteiger partial charge in [-0.3, -0.25) is 4.99 Å². The van der Waals surface area contributed by atoms with E-state index in [2.05, 4.69) is 37.0 Å². The molecule has 0 aliphatic carbocycles. The third-order valence-electron chi connectivity index (χ3n) is 4.67. The van der Waals surface area contributed by atoms with Gasteiger partial charge >= 0.3 is 0 Å². The van der Waals surface area contributed by atoms with E-state index < -0.39 is 11.2 Å². The topological polar surface area (TPSA) is 30.8 Å². The molecule has 1 fully saturated rings. The second-order valence-corrected chi connectivity index (χ2v) is 6.20. The molecule has 2 aromatic carbocycles. The summed E-state index contributed by atoms with van der Waals surface area (Å²) in [6.07, 6.45) is 2.03. The molecule has 4 rings (SSSR count). The molecule has 3 nitrogen and oxygen atoms in total. The van der Waals surface area contributed by atoms with Crippen molar-refractivity contribution < 1.29 is 9.47 Å². The van der Waals surface area contributed by atoms with Crippen LogP contribution in [0.25, 0.3) is 0 Å². The number of para-hydroxylation sites is 1. The van der Waals surface area contributed by atoms with Crippen LogP contribution in [0, 0.1) is 0 Å². The average Bonchev–Trinajstić information content (AvgIpc) is 2.96. The maximum atomic E-state index is 6.37. The SMILES string of the molecule is CC1COC2(O1)c1ccccc1N=CC2(C)c1ccccc1. The van der Waals surface area contributed by atoms with E-state index in [4.69, 9.17) is 9.47 Å². The van der Waals surface area contributed by atoms with Crippen molar-refractivity contribution >= 4 is 11.9 Å². The number of benzene rings is 2. The maximum absolute atomic E-state index is 6.37. The number of nitrogens with zero attached hydrogens (tertiary/aromatic N) is 1. The molecule has 2 heterocycles. The fourth-order valence-corrected chi connectivity index (χ4v) is 3.48. The third-order valence-corrected chi connectivity index (χ3v) is 4.67. The van der Waals surface area contributed by atoms with Crippen LogP contribution < -0.4 is 0 Å². The van der Waals surface area contributed by atoms with E-state index in [9.17, 15) is 0 Å². The first kappa shape index (κ1) is 13.7. The van der Waals surface area contributed by atoms with Gasteiger partial charge in [0.1, 0.15) is 0 Å². The van der Waals surface area contributed by atoms with Crippen molar-refractivity contribution in [3.05, 3.63) is 65.7 Å². The molecule has 2 aromatic rings. The predicted octanol–water partition coefficient (Wildman–Crippen LogP) is 3.95. The summed E-state index contributed by atoms with van der Waals surface area (Å²) in [5, 5.41) is 0. The molecule has 22 heavy (non-hydrogen) atoms. The Kier molecular flexibility index (Phi) is 2.96. The fraction of sp³-hybridized carbons (Fsp3) is 0.316. The molecule has 1 spiro atoms. The van der Waals surface area contributed by atoms with Gasteiger partial charge in [-0.1, -0.05) is 48.5 Å². The van der Waals surface area contributed by atoms with Crippen molar-refractivity contribution in [1.29, 1.82) is 0 Å². The van der Waals surface area contributed by atoms with E-state index in [1.54, 1.807) is 0 Å². The van der Waals surface area contributed by atoms with Gasteiger partial charge in [-0.05, 0) is 25.5 Å². The lowest BCUT2D eigenvalue weighted by molar-refractivity contribution is -0.205. The normalized spacial score (nSPS) is 33.1. The van der Waals surface area contributed by atoms with Crippen molar-refractivity contribution in [2.75, 3.05) is 6.61 Å². The van der Waals surface area contributed by atoms with Crippen molar-refractivity contribution in [2.45, 2.75) is 31.2 Å². The van der Waals surface area contributed by atoms with E-state index in [0.717, 1.165) is 16.8 Å². The summed E-state index contributed by atoms with van der Waals surface area (Å²) in [4.78, 5) is 4.68. The van der Waals surface area contributed by atoms with Crippen LogP contribution in [0.4, 0.5) is 5.69 Å². The van der Waals surface area contributed by atoms with Crippen LogP contribution in [0.2, 0.25) is 0 Å². The number of rotatable bonds is 1. The highest BCUT2D eigenvalue weighted by Crippen LogP contribution is 2.53. The summed E-state index contributed by atoms with van der Waals surface area (Å²) in [5.41, 5.74) is 2.61. The van der Waals surface area contributed by atoms with Crippen LogP contribution in [0.3, 0.4) is 0 Å². The predicted molar refractivity (Wildman–Crippen MR) is 86.6 cm³/mol. The van der Waals surface area contributed by atoms with Gasteiger partial charge in [-0.2, -0.15) is 0 Å². The van der Waals surface area contributed by atoms with Crippen LogP contribution in [0.15, 0.2) is 59.6 Å². The molecule has 0 N–H and O–H groups in total. The zero-order valence-electron chi connectivity index (χ0n) is 12.8. The quantitative estimate of drug-likeness (QED) is 0.797. The lowest BCUT2D eigenvalue weighted by Gasteiger charge is -2.45. The maximum Gasteiger partial charge on any atom is 0.212 e. The highest BCUT2D eigenvalue weighted by atomic mass is 16.7. The molecule has 3 heteroatoms. The minimum absolute atomic E-state index is 0.0580. The Hall–Kier alpha value is -1.97. The summed E-state index contributed by atoms with van der Waals surface area (Å²) in [6.45, 7) is 4.78. The van der Waals surface area contributed by atoms with E-state index in [0.29, 0.717) is 6.61 Å². The number of hydrogen-bond acceptors (Lipinski definition) is 3. The highest BCUT2D eigenvalue weighted by Gasteiger charge is 2.58. The van der Waals surface area contributed by atoms with Crippen LogP contribution in [0.1, 0.15) is 25.0 Å². The van der Waals surface area contributed by atoms with Crippen molar-refractivity contribution in [3.63, 3.8) is 0 Å². The van der Waals surface area contributed by atoms with Gasteiger partial charge in [-0.25, -0.2) is 0 Å². The molecular formula is C19H19NO2. The van der Waals surface area contributed by atoms with E-state index >= 15 is 0 Å². The summed E-state index contributed by atoms with van der Waals surface area (Å²) in [6, 6.07) is 18.4. The zero-order chi connectivity index (χ0) is 15.2. The molecule has 2 aliphatic rings. The van der Waals surface area contributed by atoms with Gasteiger partial charge in [0.15, 0.2) is 0 Å².